The molecule has 9 nitrogen and oxygen atoms in total. The van der Waals surface area contributed by atoms with Crippen LogP contribution in [0.15, 0.2) is 66.0 Å². The van der Waals surface area contributed by atoms with Crippen LogP contribution in [-0.2, 0) is 0 Å². The van der Waals surface area contributed by atoms with Crippen LogP contribution in [0.5, 0.6) is 29.0 Å². The van der Waals surface area contributed by atoms with Crippen LogP contribution in [-0.4, -0.2) is 33.1 Å². The fourth-order valence-corrected chi connectivity index (χ4v) is 3.07. The summed E-state index contributed by atoms with van der Waals surface area (Å²) < 4.78 is 24.1. The van der Waals surface area contributed by atoms with Gasteiger partial charge in [0, 0.05) is 36.2 Å². The van der Waals surface area contributed by atoms with E-state index < -0.39 is 0 Å². The maximum absolute atomic E-state index is 12.0. The van der Waals surface area contributed by atoms with E-state index in [1.807, 2.05) is 6.07 Å². The number of ether oxygens (including phenoxy) is 4. The second kappa shape index (κ2) is 7.36. The van der Waals surface area contributed by atoms with E-state index in [0.717, 1.165) is 5.56 Å². The van der Waals surface area contributed by atoms with Crippen LogP contribution >= 0.6 is 0 Å². The Balaban J connectivity index is 1.35. The number of rotatable bonds is 4. The molecule has 0 bridgehead atoms. The van der Waals surface area contributed by atoms with Crippen molar-refractivity contribution in [3.05, 3.63) is 77.1 Å². The zero-order valence-electron chi connectivity index (χ0n) is 15.9. The highest BCUT2D eigenvalue weighted by molar-refractivity contribution is 5.45. The summed E-state index contributed by atoms with van der Waals surface area (Å²) in [5, 5.41) is 0. The van der Waals surface area contributed by atoms with E-state index in [-0.39, 0.29) is 11.7 Å². The molecule has 1 aliphatic rings. The monoisotopic (exact) mass is 404 g/mol. The van der Waals surface area contributed by atoms with E-state index in [9.17, 15) is 4.79 Å². The molecule has 0 spiro atoms. The minimum atomic E-state index is -0.324. The summed E-state index contributed by atoms with van der Waals surface area (Å²) in [6.07, 6.45) is 5.95. The molecule has 0 aliphatic carbocycles. The molecule has 5 rings (SSSR count). The van der Waals surface area contributed by atoms with E-state index in [0.29, 0.717) is 41.3 Å². The Morgan fingerprint density at radius 2 is 2.00 bits per heavy atom. The first-order valence-electron chi connectivity index (χ1n) is 9.14. The molecule has 0 aromatic carbocycles. The first-order valence-corrected chi connectivity index (χ1v) is 9.14. The quantitative estimate of drug-likeness (QED) is 0.512. The maximum atomic E-state index is 12.0. The van der Waals surface area contributed by atoms with Gasteiger partial charge in [-0.2, -0.15) is 0 Å². The van der Waals surface area contributed by atoms with Crippen LogP contribution in [0, 0.1) is 0 Å². The van der Waals surface area contributed by atoms with Crippen molar-refractivity contribution in [3.8, 4) is 29.0 Å². The average Bonchev–Trinajstić information content (AvgIpc) is 2.79. The molecule has 30 heavy (non-hydrogen) atoms. The number of pyridine rings is 3. The van der Waals surface area contributed by atoms with Crippen LogP contribution in [0.4, 0.5) is 0 Å². The van der Waals surface area contributed by atoms with Crippen molar-refractivity contribution in [2.24, 2.45) is 0 Å². The largest absolute Gasteiger partial charge is 0.484 e. The van der Waals surface area contributed by atoms with E-state index >= 15 is 0 Å². The lowest BCUT2D eigenvalue weighted by molar-refractivity contribution is 0.0844. The maximum Gasteiger partial charge on any atom is 0.258 e. The van der Waals surface area contributed by atoms with Crippen molar-refractivity contribution in [2.75, 3.05) is 13.7 Å². The van der Waals surface area contributed by atoms with Crippen LogP contribution in [0.3, 0.4) is 0 Å². The number of fused-ring (bicyclic) bond motifs is 2. The van der Waals surface area contributed by atoms with Gasteiger partial charge in [-0.25, -0.2) is 15.0 Å². The Hall–Kier alpha value is -4.14. The van der Waals surface area contributed by atoms with E-state index in [1.54, 1.807) is 43.8 Å². The number of nitrogens with zero attached hydrogens (tertiary/aromatic N) is 4. The van der Waals surface area contributed by atoms with Gasteiger partial charge in [0.05, 0.1) is 19.5 Å². The smallest absolute Gasteiger partial charge is 0.258 e. The van der Waals surface area contributed by atoms with E-state index in [4.69, 9.17) is 18.9 Å². The van der Waals surface area contributed by atoms with Crippen LogP contribution in [0.1, 0.15) is 11.7 Å². The molecule has 4 aromatic heterocycles. The van der Waals surface area contributed by atoms with Crippen LogP contribution < -0.4 is 24.5 Å². The predicted octanol–water partition coefficient (Wildman–Crippen LogP) is 2.80. The van der Waals surface area contributed by atoms with Crippen LogP contribution in [0.2, 0.25) is 0 Å². The Morgan fingerprint density at radius 3 is 2.83 bits per heavy atom. The van der Waals surface area contributed by atoms with Gasteiger partial charge in [-0.1, -0.05) is 0 Å². The first kappa shape index (κ1) is 17.9. The van der Waals surface area contributed by atoms with E-state index in [2.05, 4.69) is 15.0 Å². The number of aromatic nitrogens is 4. The van der Waals surface area contributed by atoms with Crippen molar-refractivity contribution in [2.45, 2.75) is 6.10 Å². The summed E-state index contributed by atoms with van der Waals surface area (Å²) in [4.78, 5) is 24.6. The lowest BCUT2D eigenvalue weighted by Gasteiger charge is -2.25. The van der Waals surface area contributed by atoms with Gasteiger partial charge >= 0.3 is 0 Å². The molecule has 0 radical (unpaired) electrons. The minimum absolute atomic E-state index is 0.190. The van der Waals surface area contributed by atoms with Gasteiger partial charge in [-0.3, -0.25) is 9.20 Å². The summed E-state index contributed by atoms with van der Waals surface area (Å²) in [5.41, 5.74) is 1.21. The summed E-state index contributed by atoms with van der Waals surface area (Å²) in [6.45, 7) is 0.309. The molecule has 9 heteroatoms. The lowest BCUT2D eigenvalue weighted by Crippen LogP contribution is -2.22. The molecule has 4 aromatic rings. The second-order valence-corrected chi connectivity index (χ2v) is 6.50. The molecule has 1 aliphatic heterocycles. The van der Waals surface area contributed by atoms with Crippen molar-refractivity contribution in [1.82, 2.24) is 19.4 Å². The standard InChI is InChI=1S/C21H16N4O5/c1-27-19-5-2-13(9-23-19)17-12-28-16-8-15(10-24-21(16)30-17)29-14-3-4-18-22-7-6-20(26)25(18)11-14/h2-11,17H,12H2,1H3. The Bertz CT molecular complexity index is 1270. The van der Waals surface area contributed by atoms with E-state index in [1.165, 1.54) is 22.9 Å². The SMILES string of the molecule is COc1ccc(C2COc3cc(Oc4ccc5nccc(=O)n5c4)cnc3O2)cn1. The molecule has 5 heterocycles. The van der Waals surface area contributed by atoms with Gasteiger partial charge < -0.3 is 18.9 Å². The van der Waals surface area contributed by atoms with Gasteiger partial charge in [-0.15, -0.1) is 0 Å². The summed E-state index contributed by atoms with van der Waals surface area (Å²) in [5.74, 6) is 2.30. The van der Waals surface area contributed by atoms with Crippen molar-refractivity contribution < 1.29 is 18.9 Å². The third kappa shape index (κ3) is 3.37. The molecular weight excluding hydrogens is 388 g/mol. The van der Waals surface area contributed by atoms with Crippen molar-refractivity contribution in [3.63, 3.8) is 0 Å². The zero-order chi connectivity index (χ0) is 20.5. The third-order valence-electron chi connectivity index (χ3n) is 4.57. The van der Waals surface area contributed by atoms with Crippen molar-refractivity contribution >= 4 is 5.65 Å². The summed E-state index contributed by atoms with van der Waals surface area (Å²) in [7, 11) is 1.56. The highest BCUT2D eigenvalue weighted by Gasteiger charge is 2.25. The second-order valence-electron chi connectivity index (χ2n) is 6.50. The summed E-state index contributed by atoms with van der Waals surface area (Å²) >= 11 is 0. The average molecular weight is 404 g/mol. The Kier molecular flexibility index (Phi) is 4.40. The van der Waals surface area contributed by atoms with Crippen molar-refractivity contribution in [1.29, 1.82) is 0 Å². The zero-order valence-corrected chi connectivity index (χ0v) is 15.9. The number of hydrogen-bond donors (Lipinski definition) is 0. The van der Waals surface area contributed by atoms with Gasteiger partial charge in [0.15, 0.2) is 11.9 Å². The lowest BCUT2D eigenvalue weighted by atomic mass is 10.1. The fourth-order valence-electron chi connectivity index (χ4n) is 3.07. The first-order chi connectivity index (χ1) is 14.7. The fraction of sp³-hybridized carbons (Fsp3) is 0.143. The van der Waals surface area contributed by atoms with Crippen LogP contribution in [0.25, 0.3) is 5.65 Å². The molecule has 150 valence electrons. The van der Waals surface area contributed by atoms with Gasteiger partial charge in [0.25, 0.3) is 11.4 Å². The molecule has 0 fully saturated rings. The molecule has 1 atom stereocenters. The predicted molar refractivity (Wildman–Crippen MR) is 105 cm³/mol. The Labute approximate surface area is 170 Å². The molecule has 0 amide bonds. The highest BCUT2D eigenvalue weighted by Crippen LogP contribution is 2.37. The third-order valence-corrected chi connectivity index (χ3v) is 4.57. The molecule has 0 saturated heterocycles. The highest BCUT2D eigenvalue weighted by atomic mass is 16.6. The molecule has 0 N–H and O–H groups in total. The minimum Gasteiger partial charge on any atom is -0.484 e. The molecule has 1 unspecified atom stereocenters. The van der Waals surface area contributed by atoms with Gasteiger partial charge in [0.1, 0.15) is 23.8 Å². The van der Waals surface area contributed by atoms with Gasteiger partial charge in [-0.05, 0) is 18.2 Å². The van der Waals surface area contributed by atoms with Gasteiger partial charge in [0.2, 0.25) is 5.88 Å². The molecular formula is C21H16N4O5. The summed E-state index contributed by atoms with van der Waals surface area (Å²) in [6, 6.07) is 10.2. The normalized spacial score (nSPS) is 15.0. The Morgan fingerprint density at radius 1 is 1.07 bits per heavy atom. The number of hydrogen-bond acceptors (Lipinski definition) is 8. The number of methoxy groups -OCH3 is 1. The molecule has 0 saturated carbocycles. The topological polar surface area (TPSA) is 97.1 Å².